The maximum Gasteiger partial charge on any atom is 0.331 e. The Hall–Kier alpha value is -1.44. The van der Waals surface area contributed by atoms with E-state index in [9.17, 15) is 24.9 Å². The van der Waals surface area contributed by atoms with Crippen LogP contribution in [0, 0.1) is 34.5 Å². The van der Waals surface area contributed by atoms with E-state index < -0.39 is 35.2 Å². The van der Waals surface area contributed by atoms with E-state index in [-0.39, 0.29) is 36.3 Å². The van der Waals surface area contributed by atoms with Crippen molar-refractivity contribution in [2.75, 3.05) is 6.61 Å². The van der Waals surface area contributed by atoms with Crippen LogP contribution < -0.4 is 0 Å². The van der Waals surface area contributed by atoms with Gasteiger partial charge in [0.05, 0.1) is 23.2 Å². The van der Waals surface area contributed by atoms with Gasteiger partial charge in [-0.1, -0.05) is 60.8 Å². The van der Waals surface area contributed by atoms with Gasteiger partial charge in [0.1, 0.15) is 12.7 Å². The Balaban J connectivity index is 2.01. The number of ether oxygens (including phenoxy) is 2. The summed E-state index contributed by atoms with van der Waals surface area (Å²) in [6.45, 7) is 14.4. The summed E-state index contributed by atoms with van der Waals surface area (Å²) in [7, 11) is 0. The van der Waals surface area contributed by atoms with Gasteiger partial charge in [0.2, 0.25) is 0 Å². The molecule has 3 rings (SSSR count). The fraction of sp³-hybridized carbons (Fsp3) is 0.875. The number of fused-ring (bicyclic) bond motifs is 1. The molecular formula is C32H54O7. The normalized spacial score (nSPS) is 35.7. The largest absolute Gasteiger partial charge is 0.462 e. The van der Waals surface area contributed by atoms with E-state index in [2.05, 4.69) is 34.6 Å². The summed E-state index contributed by atoms with van der Waals surface area (Å²) in [6, 6.07) is 0. The van der Waals surface area contributed by atoms with E-state index in [1.807, 2.05) is 6.92 Å². The van der Waals surface area contributed by atoms with Gasteiger partial charge in [-0.3, -0.25) is 4.79 Å². The summed E-state index contributed by atoms with van der Waals surface area (Å²) < 4.78 is 11.0. The third-order valence-electron chi connectivity index (χ3n) is 10.3. The maximum absolute atomic E-state index is 12.8. The van der Waals surface area contributed by atoms with Gasteiger partial charge in [0.15, 0.2) is 0 Å². The molecule has 0 amide bonds. The molecule has 7 heteroatoms. The first-order valence-electron chi connectivity index (χ1n) is 15.3. The number of carbonyl (C=O) groups excluding carboxylic acids is 2. The van der Waals surface area contributed by atoms with Crippen LogP contribution in [0.3, 0.4) is 0 Å². The number of hydrogen-bond donors (Lipinski definition) is 3. The Morgan fingerprint density at radius 3 is 2.46 bits per heavy atom. The molecule has 0 radical (unpaired) electrons. The first kappa shape index (κ1) is 32.1. The molecule has 0 aromatic rings. The molecule has 2 aliphatic carbocycles. The summed E-state index contributed by atoms with van der Waals surface area (Å²) >= 11 is 0. The lowest BCUT2D eigenvalue weighted by Crippen LogP contribution is -2.76. The molecule has 0 aromatic heterocycles. The number of aliphatic hydroxyl groups is 3. The summed E-state index contributed by atoms with van der Waals surface area (Å²) in [5, 5.41) is 36.9. The number of rotatable bonds is 12. The minimum atomic E-state index is -1.43. The molecular weight excluding hydrogens is 496 g/mol. The van der Waals surface area contributed by atoms with Gasteiger partial charge < -0.3 is 24.8 Å². The Morgan fingerprint density at radius 2 is 1.87 bits per heavy atom. The first-order chi connectivity index (χ1) is 18.1. The van der Waals surface area contributed by atoms with Gasteiger partial charge in [-0.25, -0.2) is 4.79 Å². The second kappa shape index (κ2) is 12.6. The quantitative estimate of drug-likeness (QED) is 0.281. The summed E-state index contributed by atoms with van der Waals surface area (Å²) in [4.78, 5) is 24.0. The number of carbonyl (C=O) groups is 2. The molecule has 39 heavy (non-hydrogen) atoms. The van der Waals surface area contributed by atoms with Crippen molar-refractivity contribution >= 4 is 11.9 Å². The molecule has 3 aliphatic rings. The van der Waals surface area contributed by atoms with Gasteiger partial charge in [-0.05, 0) is 73.7 Å². The molecule has 0 spiro atoms. The summed E-state index contributed by atoms with van der Waals surface area (Å²) in [6.07, 6.45) is 6.00. The highest BCUT2D eigenvalue weighted by molar-refractivity contribution is 5.85. The predicted octanol–water partition coefficient (Wildman–Crippen LogP) is 5.34. The Labute approximate surface area is 235 Å². The van der Waals surface area contributed by atoms with E-state index in [0.717, 1.165) is 24.8 Å². The van der Waals surface area contributed by atoms with Gasteiger partial charge in [0, 0.05) is 18.9 Å². The van der Waals surface area contributed by atoms with Gasteiger partial charge in [-0.15, -0.1) is 0 Å². The minimum Gasteiger partial charge on any atom is -0.462 e. The topological polar surface area (TPSA) is 113 Å². The fourth-order valence-corrected chi connectivity index (χ4v) is 8.35. The average Bonchev–Trinajstić information content (AvgIpc) is 3.25. The van der Waals surface area contributed by atoms with E-state index in [0.29, 0.717) is 43.9 Å². The van der Waals surface area contributed by atoms with Gasteiger partial charge >= 0.3 is 11.9 Å². The predicted molar refractivity (Wildman–Crippen MR) is 151 cm³/mol. The lowest BCUT2D eigenvalue weighted by atomic mass is 9.39. The Bertz CT molecular complexity index is 895. The second-order valence-electron chi connectivity index (χ2n) is 14.1. The lowest BCUT2D eigenvalue weighted by molar-refractivity contribution is -0.318. The van der Waals surface area contributed by atoms with Crippen molar-refractivity contribution in [2.45, 2.75) is 137 Å². The summed E-state index contributed by atoms with van der Waals surface area (Å²) in [5.74, 6) is -0.468. The minimum absolute atomic E-state index is 0.209. The molecule has 8 atom stereocenters. The number of hydrogen-bond acceptors (Lipinski definition) is 7. The van der Waals surface area contributed by atoms with Crippen LogP contribution in [0.4, 0.5) is 0 Å². The molecule has 2 fully saturated rings. The van der Waals surface area contributed by atoms with Crippen molar-refractivity contribution in [2.24, 2.45) is 34.5 Å². The SMILES string of the molecule is CC(=O)OC1CC(C)C(O)(CCC2=CC(=O)OC2)C2(C(O)CCC(C)CCCC(C)C)C(O)CCC(C)(C)C12. The molecule has 1 heterocycles. The zero-order chi connectivity index (χ0) is 29.2. The van der Waals surface area contributed by atoms with Crippen LogP contribution in [-0.4, -0.2) is 57.8 Å². The van der Waals surface area contributed by atoms with Gasteiger partial charge in [0.25, 0.3) is 0 Å². The molecule has 1 aliphatic heterocycles. The van der Waals surface area contributed by atoms with Crippen molar-refractivity contribution in [3.05, 3.63) is 11.6 Å². The highest BCUT2D eigenvalue weighted by atomic mass is 16.5. The molecule has 7 nitrogen and oxygen atoms in total. The monoisotopic (exact) mass is 550 g/mol. The third kappa shape index (κ3) is 6.56. The highest BCUT2D eigenvalue weighted by Crippen LogP contribution is 2.66. The van der Waals surface area contributed by atoms with Crippen LogP contribution in [0.2, 0.25) is 0 Å². The van der Waals surface area contributed by atoms with E-state index in [1.165, 1.54) is 19.4 Å². The van der Waals surface area contributed by atoms with E-state index >= 15 is 0 Å². The lowest BCUT2D eigenvalue weighted by Gasteiger charge is -2.68. The van der Waals surface area contributed by atoms with Crippen LogP contribution in [0.25, 0.3) is 0 Å². The molecule has 0 saturated heterocycles. The molecule has 0 aromatic carbocycles. The number of aliphatic hydroxyl groups excluding tert-OH is 2. The van der Waals surface area contributed by atoms with Crippen LogP contribution in [0.15, 0.2) is 11.6 Å². The zero-order valence-electron chi connectivity index (χ0n) is 25.4. The molecule has 3 N–H and O–H groups in total. The van der Waals surface area contributed by atoms with E-state index in [4.69, 9.17) is 9.47 Å². The van der Waals surface area contributed by atoms with Crippen molar-refractivity contribution in [1.29, 1.82) is 0 Å². The molecule has 0 bridgehead atoms. The number of esters is 2. The van der Waals surface area contributed by atoms with E-state index in [1.54, 1.807) is 0 Å². The summed E-state index contributed by atoms with van der Waals surface area (Å²) in [5.41, 5.74) is -2.29. The average molecular weight is 551 g/mol. The third-order valence-corrected chi connectivity index (χ3v) is 10.3. The number of cyclic esters (lactones) is 1. The van der Waals surface area contributed by atoms with Crippen LogP contribution in [-0.2, 0) is 19.1 Å². The smallest absolute Gasteiger partial charge is 0.331 e. The second-order valence-corrected chi connectivity index (χ2v) is 14.1. The van der Waals surface area contributed by atoms with Crippen molar-refractivity contribution in [1.82, 2.24) is 0 Å². The molecule has 2 saturated carbocycles. The molecule has 224 valence electrons. The van der Waals surface area contributed by atoms with Crippen LogP contribution in [0.1, 0.15) is 113 Å². The maximum atomic E-state index is 12.8. The first-order valence-corrected chi connectivity index (χ1v) is 15.3. The van der Waals surface area contributed by atoms with Crippen molar-refractivity contribution in [3.8, 4) is 0 Å². The Morgan fingerprint density at radius 1 is 1.18 bits per heavy atom. The van der Waals surface area contributed by atoms with Gasteiger partial charge in [-0.2, -0.15) is 0 Å². The zero-order valence-corrected chi connectivity index (χ0v) is 25.4. The fourth-order valence-electron chi connectivity index (χ4n) is 8.35. The highest BCUT2D eigenvalue weighted by Gasteiger charge is 2.72. The van der Waals surface area contributed by atoms with Crippen LogP contribution in [0.5, 0.6) is 0 Å². The van der Waals surface area contributed by atoms with Crippen molar-refractivity contribution < 1.29 is 34.4 Å². The van der Waals surface area contributed by atoms with Crippen LogP contribution >= 0.6 is 0 Å². The Kier molecular flexibility index (Phi) is 10.4. The van der Waals surface area contributed by atoms with Crippen molar-refractivity contribution in [3.63, 3.8) is 0 Å². The standard InChI is InChI=1S/C32H54O7/c1-20(2)9-8-10-21(3)11-12-26(34)32-27(35)14-15-30(6,7)29(32)25(39-23(5)33)17-22(4)31(32,37)16-13-24-18-28(36)38-19-24/h18,20-22,25-27,29,34-35,37H,8-17,19H2,1-7H3. The molecule has 8 unspecified atom stereocenters.